The first-order valence-electron chi connectivity index (χ1n) is 14.5. The van der Waals surface area contributed by atoms with Gasteiger partial charge in [0.25, 0.3) is 11.8 Å². The molecule has 6 rings (SSSR count). The summed E-state index contributed by atoms with van der Waals surface area (Å²) in [7, 11) is 0. The number of rotatable bonds is 8. The number of hydrogen-bond acceptors (Lipinski definition) is 6. The van der Waals surface area contributed by atoms with Crippen LogP contribution < -0.4 is 20.4 Å². The SMILES string of the molecule is O=C(Nc1ccc(Cc2ccc(NC(=O)c3cccc(N4C(=O)CCC4=O)c3)cc2)cc1)c1cccc(N2C(=O)CCC2=O)c1. The lowest BCUT2D eigenvalue weighted by atomic mass is 10.0. The predicted molar refractivity (Wildman–Crippen MR) is 168 cm³/mol. The maximum absolute atomic E-state index is 12.9. The van der Waals surface area contributed by atoms with Crippen molar-refractivity contribution in [2.45, 2.75) is 32.1 Å². The lowest BCUT2D eigenvalue weighted by Crippen LogP contribution is -2.28. The van der Waals surface area contributed by atoms with Crippen LogP contribution >= 0.6 is 0 Å². The fourth-order valence-corrected chi connectivity index (χ4v) is 5.36. The van der Waals surface area contributed by atoms with Crippen molar-refractivity contribution in [2.75, 3.05) is 20.4 Å². The maximum atomic E-state index is 12.9. The monoisotopic (exact) mass is 600 g/mol. The van der Waals surface area contributed by atoms with Gasteiger partial charge in [0.2, 0.25) is 23.6 Å². The highest BCUT2D eigenvalue weighted by Gasteiger charge is 2.31. The molecule has 0 aromatic heterocycles. The minimum atomic E-state index is -0.355. The van der Waals surface area contributed by atoms with Gasteiger partial charge in [-0.3, -0.25) is 38.6 Å². The zero-order valence-electron chi connectivity index (χ0n) is 24.1. The Morgan fingerprint density at radius 1 is 0.511 bits per heavy atom. The van der Waals surface area contributed by atoms with Gasteiger partial charge in [-0.25, -0.2) is 0 Å². The summed E-state index contributed by atoms with van der Waals surface area (Å²) in [4.78, 5) is 76.2. The Morgan fingerprint density at radius 2 is 0.867 bits per heavy atom. The van der Waals surface area contributed by atoms with Crippen molar-refractivity contribution in [3.05, 3.63) is 119 Å². The molecule has 0 saturated carbocycles. The van der Waals surface area contributed by atoms with Gasteiger partial charge in [-0.1, -0.05) is 36.4 Å². The minimum absolute atomic E-state index is 0.173. The standard InChI is InChI=1S/C35H28N4O6/c40-30-15-16-31(41)38(30)28-5-1-3-24(20-28)34(44)36-26-11-7-22(8-12-26)19-23-9-13-27(14-10-23)37-35(45)25-4-2-6-29(21-25)39-32(42)17-18-33(39)43/h1-14,20-21H,15-19H2,(H,36,44)(H,37,45). The Morgan fingerprint density at radius 3 is 1.22 bits per heavy atom. The molecule has 0 unspecified atom stereocenters. The molecule has 4 aromatic rings. The smallest absolute Gasteiger partial charge is 0.255 e. The highest BCUT2D eigenvalue weighted by atomic mass is 16.2. The summed E-state index contributed by atoms with van der Waals surface area (Å²) in [6.45, 7) is 0. The van der Waals surface area contributed by atoms with Gasteiger partial charge in [-0.2, -0.15) is 0 Å². The number of amides is 6. The Kier molecular flexibility index (Phi) is 8.03. The van der Waals surface area contributed by atoms with E-state index in [4.69, 9.17) is 0 Å². The van der Waals surface area contributed by atoms with Gasteiger partial charge in [0.1, 0.15) is 0 Å². The van der Waals surface area contributed by atoms with Crippen molar-refractivity contribution in [3.63, 3.8) is 0 Å². The highest BCUT2D eigenvalue weighted by molar-refractivity contribution is 6.21. The molecule has 0 radical (unpaired) electrons. The van der Waals surface area contributed by atoms with E-state index in [0.717, 1.165) is 20.9 Å². The van der Waals surface area contributed by atoms with Gasteiger partial charge in [-0.05, 0) is 78.2 Å². The molecule has 45 heavy (non-hydrogen) atoms. The van der Waals surface area contributed by atoms with Crippen LogP contribution in [0.25, 0.3) is 0 Å². The normalized spacial score (nSPS) is 14.7. The van der Waals surface area contributed by atoms with E-state index < -0.39 is 0 Å². The summed E-state index contributed by atoms with van der Waals surface area (Å²) in [6, 6.07) is 27.7. The molecule has 2 N–H and O–H groups in total. The molecule has 10 nitrogen and oxygen atoms in total. The van der Waals surface area contributed by atoms with Crippen LogP contribution in [0.15, 0.2) is 97.1 Å². The zero-order chi connectivity index (χ0) is 31.5. The summed E-state index contributed by atoms with van der Waals surface area (Å²) < 4.78 is 0. The molecule has 0 spiro atoms. The summed E-state index contributed by atoms with van der Waals surface area (Å²) in [5, 5.41) is 5.70. The van der Waals surface area contributed by atoms with Crippen LogP contribution in [0.1, 0.15) is 57.5 Å². The average Bonchev–Trinajstić information content (AvgIpc) is 3.57. The lowest BCUT2D eigenvalue weighted by molar-refractivity contribution is -0.122. The van der Waals surface area contributed by atoms with Crippen LogP contribution in [0.2, 0.25) is 0 Å². The van der Waals surface area contributed by atoms with Crippen molar-refractivity contribution < 1.29 is 28.8 Å². The fourth-order valence-electron chi connectivity index (χ4n) is 5.36. The van der Waals surface area contributed by atoms with Gasteiger partial charge in [0.15, 0.2) is 0 Å². The molecule has 6 amide bonds. The minimum Gasteiger partial charge on any atom is -0.322 e. The molecule has 10 heteroatoms. The number of anilines is 4. The molecule has 0 bridgehead atoms. The highest BCUT2D eigenvalue weighted by Crippen LogP contribution is 2.26. The Hall–Kier alpha value is -5.90. The molecular formula is C35H28N4O6. The zero-order valence-corrected chi connectivity index (χ0v) is 24.1. The van der Waals surface area contributed by atoms with Gasteiger partial charge < -0.3 is 10.6 Å². The average molecular weight is 601 g/mol. The summed E-state index contributed by atoms with van der Waals surface area (Å²) in [5.74, 6) is -1.80. The molecule has 2 heterocycles. The van der Waals surface area contributed by atoms with Crippen molar-refractivity contribution in [1.29, 1.82) is 0 Å². The molecule has 2 aliphatic heterocycles. The van der Waals surface area contributed by atoms with E-state index in [1.807, 2.05) is 24.3 Å². The van der Waals surface area contributed by atoms with Crippen LogP contribution in [0.4, 0.5) is 22.7 Å². The Bertz CT molecular complexity index is 1680. The molecular weight excluding hydrogens is 572 g/mol. The second kappa shape index (κ2) is 12.4. The van der Waals surface area contributed by atoms with E-state index in [-0.39, 0.29) is 61.1 Å². The number of carbonyl (C=O) groups is 6. The van der Waals surface area contributed by atoms with E-state index in [0.29, 0.717) is 40.3 Å². The van der Waals surface area contributed by atoms with Crippen LogP contribution in [0, 0.1) is 0 Å². The predicted octanol–water partition coefficient (Wildman–Crippen LogP) is 5.09. The van der Waals surface area contributed by atoms with Crippen molar-refractivity contribution >= 4 is 58.2 Å². The quantitative estimate of drug-likeness (QED) is 0.271. The Balaban J connectivity index is 1.04. The Labute approximate surface area is 258 Å². The second-order valence-corrected chi connectivity index (χ2v) is 10.8. The first kappa shape index (κ1) is 29.2. The number of imide groups is 2. The number of nitrogens with zero attached hydrogens (tertiary/aromatic N) is 2. The second-order valence-electron chi connectivity index (χ2n) is 10.8. The maximum Gasteiger partial charge on any atom is 0.255 e. The lowest BCUT2D eigenvalue weighted by Gasteiger charge is -2.15. The van der Waals surface area contributed by atoms with Gasteiger partial charge >= 0.3 is 0 Å². The van der Waals surface area contributed by atoms with Crippen LogP contribution in [-0.2, 0) is 25.6 Å². The van der Waals surface area contributed by atoms with Crippen LogP contribution in [-0.4, -0.2) is 35.4 Å². The first-order valence-corrected chi connectivity index (χ1v) is 14.5. The summed E-state index contributed by atoms with van der Waals surface area (Å²) in [6.07, 6.45) is 1.32. The summed E-state index contributed by atoms with van der Waals surface area (Å²) in [5.41, 5.74) is 4.67. The number of nitrogens with one attached hydrogen (secondary N) is 2. The topological polar surface area (TPSA) is 133 Å². The molecule has 224 valence electrons. The molecule has 2 saturated heterocycles. The van der Waals surface area contributed by atoms with Crippen molar-refractivity contribution in [1.82, 2.24) is 0 Å². The third-order valence-electron chi connectivity index (χ3n) is 7.67. The molecule has 2 fully saturated rings. The number of hydrogen-bond donors (Lipinski definition) is 2. The number of benzene rings is 4. The van der Waals surface area contributed by atoms with E-state index >= 15 is 0 Å². The molecule has 0 atom stereocenters. The largest absolute Gasteiger partial charge is 0.322 e. The van der Waals surface area contributed by atoms with Gasteiger partial charge in [0.05, 0.1) is 11.4 Å². The fraction of sp³-hybridized carbons (Fsp3) is 0.143. The van der Waals surface area contributed by atoms with Crippen LogP contribution in [0.5, 0.6) is 0 Å². The van der Waals surface area contributed by atoms with E-state index in [9.17, 15) is 28.8 Å². The van der Waals surface area contributed by atoms with Crippen molar-refractivity contribution in [3.8, 4) is 0 Å². The summed E-state index contributed by atoms with van der Waals surface area (Å²) >= 11 is 0. The molecule has 2 aliphatic rings. The van der Waals surface area contributed by atoms with Crippen LogP contribution in [0.3, 0.4) is 0 Å². The van der Waals surface area contributed by atoms with Gasteiger partial charge in [-0.15, -0.1) is 0 Å². The van der Waals surface area contributed by atoms with E-state index in [1.165, 1.54) is 12.1 Å². The third kappa shape index (κ3) is 6.40. The molecule has 0 aliphatic carbocycles. The first-order chi connectivity index (χ1) is 21.7. The number of carbonyl (C=O) groups excluding carboxylic acids is 6. The van der Waals surface area contributed by atoms with Crippen molar-refractivity contribution in [2.24, 2.45) is 0 Å². The van der Waals surface area contributed by atoms with E-state index in [2.05, 4.69) is 10.6 Å². The van der Waals surface area contributed by atoms with Gasteiger partial charge in [0, 0.05) is 48.2 Å². The molecule has 4 aromatic carbocycles. The van der Waals surface area contributed by atoms with E-state index in [1.54, 1.807) is 60.7 Å². The third-order valence-corrected chi connectivity index (χ3v) is 7.67.